The fourth-order valence-electron chi connectivity index (χ4n) is 3.78. The SMILES string of the molecule is CCC(CC)Nc1nc(Nc2cc(C)c(B3OCC(C)(C)CO3)c(C(=O)OC)c2)ncc1C. The Balaban J connectivity index is 1.90. The van der Waals surface area contributed by atoms with Crippen molar-refractivity contribution in [1.82, 2.24) is 9.97 Å². The van der Waals surface area contributed by atoms with Crippen LogP contribution in [0.15, 0.2) is 18.3 Å². The summed E-state index contributed by atoms with van der Waals surface area (Å²) in [5.74, 6) is 0.799. The van der Waals surface area contributed by atoms with Gasteiger partial charge in [-0.15, -0.1) is 0 Å². The molecule has 1 aromatic heterocycles. The molecule has 1 fully saturated rings. The standard InChI is InChI=1S/C24H35BN4O4/c1-8-17(9-2)27-21-16(4)12-26-23(29-21)28-18-10-15(3)20(19(11-18)22(30)31-7)25-32-13-24(5,6)14-33-25/h10-12,17H,8-9,13-14H2,1-7H3,(H2,26,27,28,29). The van der Waals surface area contributed by atoms with Crippen molar-refractivity contribution in [3.8, 4) is 0 Å². The summed E-state index contributed by atoms with van der Waals surface area (Å²) in [5.41, 5.74) is 3.53. The van der Waals surface area contributed by atoms with Gasteiger partial charge in [0, 0.05) is 42.1 Å². The predicted molar refractivity (Wildman–Crippen MR) is 132 cm³/mol. The smallest absolute Gasteiger partial charge is 0.465 e. The van der Waals surface area contributed by atoms with Crippen LogP contribution >= 0.6 is 0 Å². The highest BCUT2D eigenvalue weighted by Gasteiger charge is 2.37. The van der Waals surface area contributed by atoms with E-state index in [0.717, 1.165) is 29.8 Å². The van der Waals surface area contributed by atoms with Crippen LogP contribution in [0, 0.1) is 19.3 Å². The van der Waals surface area contributed by atoms with Crippen LogP contribution in [0.3, 0.4) is 0 Å². The van der Waals surface area contributed by atoms with E-state index >= 15 is 0 Å². The molecule has 9 heteroatoms. The molecule has 0 amide bonds. The summed E-state index contributed by atoms with van der Waals surface area (Å²) in [7, 11) is 0.749. The number of carbonyl (C=O) groups excluding carboxylic acids is 1. The van der Waals surface area contributed by atoms with Gasteiger partial charge in [-0.05, 0) is 49.8 Å². The lowest BCUT2D eigenvalue weighted by atomic mass is 9.71. The summed E-state index contributed by atoms with van der Waals surface area (Å²) in [6.45, 7) is 13.5. The van der Waals surface area contributed by atoms with Crippen LogP contribution in [-0.4, -0.2) is 49.4 Å². The molecule has 33 heavy (non-hydrogen) atoms. The van der Waals surface area contributed by atoms with Gasteiger partial charge < -0.3 is 24.7 Å². The minimum Gasteiger partial charge on any atom is -0.465 e. The van der Waals surface area contributed by atoms with Crippen LogP contribution in [0.2, 0.25) is 0 Å². The van der Waals surface area contributed by atoms with E-state index in [1.165, 1.54) is 7.11 Å². The molecule has 0 radical (unpaired) electrons. The molecule has 0 atom stereocenters. The molecular formula is C24H35BN4O4. The van der Waals surface area contributed by atoms with E-state index in [2.05, 4.69) is 48.3 Å². The molecule has 8 nitrogen and oxygen atoms in total. The molecule has 2 aromatic rings. The summed E-state index contributed by atoms with van der Waals surface area (Å²) < 4.78 is 17.0. The first-order chi connectivity index (χ1) is 15.7. The maximum atomic E-state index is 12.6. The number of nitrogens with one attached hydrogen (secondary N) is 2. The fraction of sp³-hybridized carbons (Fsp3) is 0.542. The van der Waals surface area contributed by atoms with Crippen LogP contribution in [0.5, 0.6) is 0 Å². The third kappa shape index (κ3) is 6.03. The van der Waals surface area contributed by atoms with Gasteiger partial charge in [0.05, 0.1) is 12.7 Å². The van der Waals surface area contributed by atoms with Crippen molar-refractivity contribution in [3.63, 3.8) is 0 Å². The summed E-state index contributed by atoms with van der Waals surface area (Å²) in [4.78, 5) is 21.7. The van der Waals surface area contributed by atoms with Crippen molar-refractivity contribution in [2.45, 2.75) is 60.4 Å². The maximum absolute atomic E-state index is 12.6. The van der Waals surface area contributed by atoms with Crippen LogP contribution in [0.4, 0.5) is 17.5 Å². The minimum atomic E-state index is -0.618. The summed E-state index contributed by atoms with van der Waals surface area (Å²) in [6.07, 6.45) is 3.80. The highest BCUT2D eigenvalue weighted by Crippen LogP contribution is 2.25. The largest absolute Gasteiger partial charge is 0.495 e. The van der Waals surface area contributed by atoms with Crippen molar-refractivity contribution in [2.24, 2.45) is 5.41 Å². The van der Waals surface area contributed by atoms with Crippen molar-refractivity contribution in [1.29, 1.82) is 0 Å². The molecule has 1 saturated heterocycles. The Kier molecular flexibility index (Phi) is 7.97. The molecule has 1 aliphatic heterocycles. The topological polar surface area (TPSA) is 94.6 Å². The first-order valence-corrected chi connectivity index (χ1v) is 11.5. The highest BCUT2D eigenvalue weighted by atomic mass is 16.6. The van der Waals surface area contributed by atoms with E-state index in [-0.39, 0.29) is 5.41 Å². The first kappa shape index (κ1) is 25.0. The summed E-state index contributed by atoms with van der Waals surface area (Å²) in [5, 5.41) is 6.72. The van der Waals surface area contributed by atoms with Crippen LogP contribution < -0.4 is 16.1 Å². The third-order valence-corrected chi connectivity index (χ3v) is 5.83. The molecule has 0 saturated carbocycles. The number of benzene rings is 1. The number of hydrogen-bond acceptors (Lipinski definition) is 8. The molecule has 1 aromatic carbocycles. The van der Waals surface area contributed by atoms with Crippen LogP contribution in [0.25, 0.3) is 0 Å². The molecule has 0 bridgehead atoms. The summed E-state index contributed by atoms with van der Waals surface area (Å²) in [6, 6.07) is 4.02. The zero-order valence-electron chi connectivity index (χ0n) is 20.7. The molecule has 2 N–H and O–H groups in total. The minimum absolute atomic E-state index is 0.0690. The van der Waals surface area contributed by atoms with E-state index in [1.807, 2.05) is 19.9 Å². The molecule has 0 spiro atoms. The van der Waals surface area contributed by atoms with Gasteiger partial charge in [0.25, 0.3) is 0 Å². The van der Waals surface area contributed by atoms with Crippen LogP contribution in [-0.2, 0) is 14.0 Å². The van der Waals surface area contributed by atoms with Crippen molar-refractivity contribution in [2.75, 3.05) is 31.0 Å². The average molecular weight is 454 g/mol. The normalized spacial score (nSPS) is 15.5. The van der Waals surface area contributed by atoms with Crippen molar-refractivity contribution in [3.05, 3.63) is 35.0 Å². The average Bonchev–Trinajstić information content (AvgIpc) is 2.79. The van der Waals surface area contributed by atoms with Gasteiger partial charge in [0.1, 0.15) is 5.82 Å². The quantitative estimate of drug-likeness (QED) is 0.457. The molecular weight excluding hydrogens is 419 g/mol. The molecule has 178 valence electrons. The summed E-state index contributed by atoms with van der Waals surface area (Å²) >= 11 is 0. The number of rotatable bonds is 8. The third-order valence-electron chi connectivity index (χ3n) is 5.83. The lowest BCUT2D eigenvalue weighted by molar-refractivity contribution is 0.0339. The van der Waals surface area contributed by atoms with Gasteiger partial charge in [-0.3, -0.25) is 0 Å². The molecule has 3 rings (SSSR count). The Morgan fingerprint density at radius 3 is 2.45 bits per heavy atom. The van der Waals surface area contributed by atoms with Gasteiger partial charge in [0.15, 0.2) is 0 Å². The number of hydrogen-bond donors (Lipinski definition) is 2. The molecule has 2 heterocycles. The molecule has 1 aliphatic rings. The first-order valence-electron chi connectivity index (χ1n) is 11.5. The Morgan fingerprint density at radius 2 is 1.85 bits per heavy atom. The Labute approximate surface area is 197 Å². The van der Waals surface area contributed by atoms with E-state index < -0.39 is 13.1 Å². The van der Waals surface area contributed by atoms with Gasteiger partial charge in [0.2, 0.25) is 5.95 Å². The van der Waals surface area contributed by atoms with E-state index in [0.29, 0.717) is 41.9 Å². The number of aromatic nitrogens is 2. The Bertz CT molecular complexity index is 985. The lowest BCUT2D eigenvalue weighted by Gasteiger charge is -2.34. The van der Waals surface area contributed by atoms with Crippen molar-refractivity contribution < 1.29 is 18.8 Å². The van der Waals surface area contributed by atoms with E-state index in [4.69, 9.17) is 14.0 Å². The monoisotopic (exact) mass is 454 g/mol. The second-order valence-corrected chi connectivity index (χ2v) is 9.37. The van der Waals surface area contributed by atoms with Gasteiger partial charge in [-0.25, -0.2) is 9.78 Å². The second kappa shape index (κ2) is 10.5. The number of nitrogens with zero attached hydrogens (tertiary/aromatic N) is 2. The molecule has 0 unspecified atom stereocenters. The number of aryl methyl sites for hydroxylation is 2. The Morgan fingerprint density at radius 1 is 1.18 bits per heavy atom. The zero-order chi connectivity index (χ0) is 24.2. The van der Waals surface area contributed by atoms with Crippen molar-refractivity contribution >= 4 is 36.0 Å². The zero-order valence-corrected chi connectivity index (χ0v) is 20.7. The van der Waals surface area contributed by atoms with Crippen LogP contribution in [0.1, 0.15) is 62.0 Å². The van der Waals surface area contributed by atoms with Gasteiger partial charge >= 0.3 is 13.1 Å². The second-order valence-electron chi connectivity index (χ2n) is 9.37. The van der Waals surface area contributed by atoms with Gasteiger partial charge in [-0.1, -0.05) is 27.7 Å². The number of carbonyl (C=O) groups is 1. The molecule has 0 aliphatic carbocycles. The Hall–Kier alpha value is -2.65. The maximum Gasteiger partial charge on any atom is 0.495 e. The number of methoxy groups -OCH3 is 1. The fourth-order valence-corrected chi connectivity index (χ4v) is 3.78. The number of esters is 1. The van der Waals surface area contributed by atoms with E-state index in [1.54, 1.807) is 12.3 Å². The number of anilines is 3. The predicted octanol–water partition coefficient (Wildman–Crippen LogP) is 3.99. The van der Waals surface area contributed by atoms with Gasteiger partial charge in [-0.2, -0.15) is 4.98 Å². The van der Waals surface area contributed by atoms with E-state index in [9.17, 15) is 4.79 Å². The highest BCUT2D eigenvalue weighted by molar-refractivity contribution is 6.63. The number of ether oxygens (including phenoxy) is 1. The lowest BCUT2D eigenvalue weighted by Crippen LogP contribution is -2.50.